The van der Waals surface area contributed by atoms with Gasteiger partial charge in [0.05, 0.1) is 6.20 Å². The number of nitrogens with two attached hydrogens (primary N) is 1. The van der Waals surface area contributed by atoms with E-state index in [2.05, 4.69) is 20.6 Å². The normalized spacial score (nSPS) is 10.1. The number of aromatic nitrogens is 2. The van der Waals surface area contributed by atoms with Gasteiger partial charge in [-0.1, -0.05) is 0 Å². The highest BCUT2D eigenvalue weighted by atomic mass is 32.2. The van der Waals surface area contributed by atoms with Crippen molar-refractivity contribution in [3.63, 3.8) is 0 Å². The summed E-state index contributed by atoms with van der Waals surface area (Å²) in [5.41, 5.74) is 1.37. The Balaban J connectivity index is 1.72. The van der Waals surface area contributed by atoms with Crippen LogP contribution in [0.25, 0.3) is 0 Å². The standard InChI is InChI=1S/C18H15FN6OS/c19-16-11-22-18(24-13-3-7-15(27-21)8-4-13)25-17(16)23-12-1-5-14(6-2-12)26-10-9-20/h1-8,11H,10,21H2,(H2,22,23,24,25). The lowest BCUT2D eigenvalue weighted by Crippen LogP contribution is -2.03. The summed E-state index contributed by atoms with van der Waals surface area (Å²) in [6, 6.07) is 16.0. The van der Waals surface area contributed by atoms with Gasteiger partial charge in [-0.3, -0.25) is 5.14 Å². The molecule has 3 aromatic rings. The predicted octanol–water partition coefficient (Wildman–Crippen LogP) is 3.97. The first-order valence-corrected chi connectivity index (χ1v) is 8.69. The summed E-state index contributed by atoms with van der Waals surface area (Å²) in [6.07, 6.45) is 1.09. The van der Waals surface area contributed by atoms with Crippen molar-refractivity contribution in [3.8, 4) is 11.8 Å². The third-order valence-electron chi connectivity index (χ3n) is 3.41. The number of anilines is 4. The van der Waals surface area contributed by atoms with Crippen molar-refractivity contribution in [2.24, 2.45) is 5.14 Å². The Kier molecular flexibility index (Phi) is 6.04. The molecule has 4 N–H and O–H groups in total. The second-order valence-electron chi connectivity index (χ2n) is 5.25. The zero-order valence-electron chi connectivity index (χ0n) is 14.0. The molecule has 7 nitrogen and oxygen atoms in total. The molecule has 0 saturated carbocycles. The van der Waals surface area contributed by atoms with E-state index in [1.165, 1.54) is 0 Å². The molecular formula is C18H15FN6OS. The Morgan fingerprint density at radius 2 is 1.74 bits per heavy atom. The smallest absolute Gasteiger partial charge is 0.229 e. The van der Waals surface area contributed by atoms with E-state index in [1.54, 1.807) is 24.3 Å². The molecule has 3 rings (SSSR count). The number of nitrogens with zero attached hydrogens (tertiary/aromatic N) is 3. The number of rotatable bonds is 7. The van der Waals surface area contributed by atoms with Gasteiger partial charge in [0.15, 0.2) is 18.2 Å². The van der Waals surface area contributed by atoms with Crippen molar-refractivity contribution in [1.29, 1.82) is 5.26 Å². The fraction of sp³-hybridized carbons (Fsp3) is 0.0556. The van der Waals surface area contributed by atoms with Gasteiger partial charge in [0.2, 0.25) is 5.95 Å². The summed E-state index contributed by atoms with van der Waals surface area (Å²) < 4.78 is 19.2. The number of nitriles is 1. The summed E-state index contributed by atoms with van der Waals surface area (Å²) in [5.74, 6) is 0.250. The van der Waals surface area contributed by atoms with Crippen LogP contribution in [0.4, 0.5) is 27.5 Å². The highest BCUT2D eigenvalue weighted by molar-refractivity contribution is 7.97. The maximum absolute atomic E-state index is 14.0. The summed E-state index contributed by atoms with van der Waals surface area (Å²) in [5, 5.41) is 19.9. The van der Waals surface area contributed by atoms with Crippen LogP contribution in [0.2, 0.25) is 0 Å². The summed E-state index contributed by atoms with van der Waals surface area (Å²) in [6.45, 7) is -0.0344. The maximum atomic E-state index is 14.0. The van der Waals surface area contributed by atoms with E-state index in [0.717, 1.165) is 28.7 Å². The van der Waals surface area contributed by atoms with Crippen molar-refractivity contribution >= 4 is 35.1 Å². The molecule has 0 aliphatic carbocycles. The molecule has 0 spiro atoms. The third-order valence-corrected chi connectivity index (χ3v) is 3.96. The van der Waals surface area contributed by atoms with Gasteiger partial charge < -0.3 is 15.4 Å². The molecule has 1 aromatic heterocycles. The van der Waals surface area contributed by atoms with Crippen LogP contribution in [0.3, 0.4) is 0 Å². The molecule has 0 radical (unpaired) electrons. The minimum atomic E-state index is -0.583. The number of hydrogen-bond donors (Lipinski definition) is 3. The van der Waals surface area contributed by atoms with E-state index >= 15 is 0 Å². The van der Waals surface area contributed by atoms with E-state index in [0.29, 0.717) is 11.4 Å². The van der Waals surface area contributed by atoms with E-state index in [4.69, 9.17) is 15.1 Å². The van der Waals surface area contributed by atoms with Crippen LogP contribution in [0.15, 0.2) is 59.6 Å². The van der Waals surface area contributed by atoms with Gasteiger partial charge in [0.1, 0.15) is 11.8 Å². The number of nitrogens with one attached hydrogen (secondary N) is 2. The monoisotopic (exact) mass is 382 g/mol. The van der Waals surface area contributed by atoms with Crippen LogP contribution in [0.1, 0.15) is 0 Å². The lowest BCUT2D eigenvalue weighted by Gasteiger charge is -2.10. The largest absolute Gasteiger partial charge is 0.479 e. The molecule has 0 amide bonds. The number of ether oxygens (including phenoxy) is 1. The van der Waals surface area contributed by atoms with Gasteiger partial charge in [-0.25, -0.2) is 9.37 Å². The van der Waals surface area contributed by atoms with Crippen molar-refractivity contribution in [1.82, 2.24) is 9.97 Å². The quantitative estimate of drug-likeness (QED) is 0.527. The number of benzene rings is 2. The van der Waals surface area contributed by atoms with Crippen molar-refractivity contribution in [3.05, 3.63) is 60.5 Å². The molecule has 2 aromatic carbocycles. The molecular weight excluding hydrogens is 367 g/mol. The van der Waals surface area contributed by atoms with Crippen molar-refractivity contribution in [2.45, 2.75) is 4.90 Å². The highest BCUT2D eigenvalue weighted by Gasteiger charge is 2.08. The van der Waals surface area contributed by atoms with Crippen molar-refractivity contribution < 1.29 is 9.13 Å². The summed E-state index contributed by atoms with van der Waals surface area (Å²) in [7, 11) is 0. The zero-order chi connectivity index (χ0) is 19.1. The molecule has 0 aliphatic heterocycles. The Morgan fingerprint density at radius 1 is 1.07 bits per heavy atom. The maximum Gasteiger partial charge on any atom is 0.229 e. The van der Waals surface area contributed by atoms with Crippen LogP contribution in [-0.2, 0) is 0 Å². The van der Waals surface area contributed by atoms with Gasteiger partial charge >= 0.3 is 0 Å². The Hall–Kier alpha value is -3.35. The van der Waals surface area contributed by atoms with Gasteiger partial charge in [-0.05, 0) is 60.5 Å². The highest BCUT2D eigenvalue weighted by Crippen LogP contribution is 2.23. The average Bonchev–Trinajstić information content (AvgIpc) is 2.70. The number of halogens is 1. The summed E-state index contributed by atoms with van der Waals surface area (Å²) >= 11 is 1.15. The van der Waals surface area contributed by atoms with Gasteiger partial charge in [0, 0.05) is 16.3 Å². The minimum Gasteiger partial charge on any atom is -0.479 e. The SMILES string of the molecule is N#CCOc1ccc(Nc2nc(Nc3ccc(SN)cc3)ncc2F)cc1. The van der Waals surface area contributed by atoms with Crippen LogP contribution in [-0.4, -0.2) is 16.6 Å². The van der Waals surface area contributed by atoms with E-state index in [-0.39, 0.29) is 18.4 Å². The van der Waals surface area contributed by atoms with Crippen LogP contribution < -0.4 is 20.5 Å². The Morgan fingerprint density at radius 3 is 2.41 bits per heavy atom. The fourth-order valence-electron chi connectivity index (χ4n) is 2.15. The lowest BCUT2D eigenvalue weighted by atomic mass is 10.3. The fourth-order valence-corrected chi connectivity index (χ4v) is 2.44. The molecule has 0 unspecified atom stereocenters. The van der Waals surface area contributed by atoms with Gasteiger partial charge in [-0.2, -0.15) is 10.2 Å². The Labute approximate surface area is 159 Å². The van der Waals surface area contributed by atoms with Crippen LogP contribution in [0, 0.1) is 17.1 Å². The van der Waals surface area contributed by atoms with E-state index in [1.807, 2.05) is 30.3 Å². The molecule has 1 heterocycles. The molecule has 0 aliphatic rings. The molecule has 136 valence electrons. The predicted molar refractivity (Wildman–Crippen MR) is 103 cm³/mol. The molecule has 0 bridgehead atoms. The molecule has 0 saturated heterocycles. The van der Waals surface area contributed by atoms with Crippen LogP contribution in [0.5, 0.6) is 5.75 Å². The minimum absolute atomic E-state index is 0.0344. The zero-order valence-corrected chi connectivity index (χ0v) is 14.8. The third kappa shape index (κ3) is 5.07. The van der Waals surface area contributed by atoms with Crippen LogP contribution >= 0.6 is 11.9 Å². The Bertz CT molecular complexity index is 944. The topological polar surface area (TPSA) is 109 Å². The molecule has 0 fully saturated rings. The second-order valence-corrected chi connectivity index (χ2v) is 5.96. The first-order valence-electron chi connectivity index (χ1n) is 7.81. The van der Waals surface area contributed by atoms with E-state index in [9.17, 15) is 4.39 Å². The molecule has 0 atom stereocenters. The van der Waals surface area contributed by atoms with Gasteiger partial charge in [-0.15, -0.1) is 0 Å². The average molecular weight is 382 g/mol. The molecule has 27 heavy (non-hydrogen) atoms. The van der Waals surface area contributed by atoms with E-state index < -0.39 is 5.82 Å². The second kappa shape index (κ2) is 8.84. The summed E-state index contributed by atoms with van der Waals surface area (Å²) in [4.78, 5) is 9.03. The van der Waals surface area contributed by atoms with Crippen molar-refractivity contribution in [2.75, 3.05) is 17.2 Å². The first kappa shape index (κ1) is 18.4. The molecule has 9 heteroatoms. The van der Waals surface area contributed by atoms with Gasteiger partial charge in [0.25, 0.3) is 0 Å². The lowest BCUT2D eigenvalue weighted by molar-refractivity contribution is 0.368. The first-order chi connectivity index (χ1) is 13.2. The number of hydrogen-bond acceptors (Lipinski definition) is 8.